The molecule has 1 aliphatic carbocycles. The number of nitrogens with one attached hydrogen (secondary N) is 2. The van der Waals surface area contributed by atoms with Crippen LogP contribution >= 0.6 is 0 Å². The molecule has 1 saturated carbocycles. The topological polar surface area (TPSA) is 62.2 Å². The van der Waals surface area contributed by atoms with E-state index in [4.69, 9.17) is 0 Å². The first kappa shape index (κ1) is 19.0. The normalized spacial score (nSPS) is 22.1. The maximum Gasteiger partial charge on any atom is 0.435 e. The van der Waals surface area contributed by atoms with Crippen molar-refractivity contribution < 1.29 is 18.0 Å². The summed E-state index contributed by atoms with van der Waals surface area (Å²) in [5.41, 5.74) is -0.995. The van der Waals surface area contributed by atoms with Gasteiger partial charge in [0.15, 0.2) is 5.69 Å². The summed E-state index contributed by atoms with van der Waals surface area (Å²) in [5.74, 6) is 0. The quantitative estimate of drug-likeness (QED) is 0.834. The fourth-order valence-electron chi connectivity index (χ4n) is 3.93. The van der Waals surface area contributed by atoms with Crippen LogP contribution in [-0.2, 0) is 19.8 Å². The monoisotopic (exact) mass is 373 g/mol. The molecular formula is C17H26F3N5O. The number of carbonyl (C=O) groups excluding carboxylic acids is 1. The number of halogens is 3. The highest BCUT2D eigenvalue weighted by Crippen LogP contribution is 2.31. The summed E-state index contributed by atoms with van der Waals surface area (Å²) in [6, 6.07) is 0.516. The molecular weight excluding hydrogens is 347 g/mol. The van der Waals surface area contributed by atoms with Crippen molar-refractivity contribution in [3.63, 3.8) is 0 Å². The number of hydrogen-bond donors (Lipinski definition) is 2. The van der Waals surface area contributed by atoms with Gasteiger partial charge in [-0.05, 0) is 19.3 Å². The van der Waals surface area contributed by atoms with Crippen LogP contribution in [0.5, 0.6) is 0 Å². The van der Waals surface area contributed by atoms with Gasteiger partial charge < -0.3 is 10.6 Å². The smallest absolute Gasteiger partial charge is 0.337 e. The number of aryl methyl sites for hydroxylation is 1. The summed E-state index contributed by atoms with van der Waals surface area (Å²) < 4.78 is 39.8. The van der Waals surface area contributed by atoms with E-state index in [1.54, 1.807) is 0 Å². The summed E-state index contributed by atoms with van der Waals surface area (Å²) in [6.45, 7) is 1.40. The molecule has 2 amide bonds. The van der Waals surface area contributed by atoms with Crippen molar-refractivity contribution in [2.45, 2.75) is 63.3 Å². The van der Waals surface area contributed by atoms with E-state index in [0.717, 1.165) is 17.6 Å². The van der Waals surface area contributed by atoms with Crippen LogP contribution in [0.2, 0.25) is 0 Å². The highest BCUT2D eigenvalue weighted by molar-refractivity contribution is 5.73. The van der Waals surface area contributed by atoms with Crippen LogP contribution in [0.3, 0.4) is 0 Å². The second-order valence-electron chi connectivity index (χ2n) is 7.21. The average Bonchev–Trinajstić information content (AvgIpc) is 2.94. The van der Waals surface area contributed by atoms with Crippen LogP contribution in [0.1, 0.15) is 49.8 Å². The van der Waals surface area contributed by atoms with Gasteiger partial charge >= 0.3 is 12.2 Å². The molecule has 0 bridgehead atoms. The minimum Gasteiger partial charge on any atom is -0.337 e. The first-order valence-electron chi connectivity index (χ1n) is 9.22. The maximum absolute atomic E-state index is 12.9. The Morgan fingerprint density at radius 3 is 2.58 bits per heavy atom. The van der Waals surface area contributed by atoms with Gasteiger partial charge in [0.25, 0.3) is 0 Å². The lowest BCUT2D eigenvalue weighted by atomic mass is 9.89. The Kier molecular flexibility index (Phi) is 5.74. The van der Waals surface area contributed by atoms with Crippen LogP contribution in [0.25, 0.3) is 0 Å². The Hall–Kier alpha value is -1.77. The van der Waals surface area contributed by atoms with Crippen LogP contribution in [0, 0.1) is 0 Å². The van der Waals surface area contributed by atoms with Gasteiger partial charge in [0.2, 0.25) is 0 Å². The molecule has 1 unspecified atom stereocenters. The van der Waals surface area contributed by atoms with Gasteiger partial charge in [-0.2, -0.15) is 18.3 Å². The van der Waals surface area contributed by atoms with Crippen molar-refractivity contribution >= 4 is 6.03 Å². The predicted molar refractivity (Wildman–Crippen MR) is 90.4 cm³/mol. The van der Waals surface area contributed by atoms with E-state index in [-0.39, 0.29) is 12.1 Å². The Morgan fingerprint density at radius 1 is 1.23 bits per heavy atom. The molecule has 1 aliphatic heterocycles. The number of likely N-dealkylation sites (tertiary alicyclic amines) is 1. The van der Waals surface area contributed by atoms with Crippen LogP contribution in [0.4, 0.5) is 18.0 Å². The summed E-state index contributed by atoms with van der Waals surface area (Å²) in [5, 5.41) is 8.72. The lowest BCUT2D eigenvalue weighted by Gasteiger charge is -2.47. The van der Waals surface area contributed by atoms with Crippen molar-refractivity contribution in [2.75, 3.05) is 13.1 Å². The Balaban J connectivity index is 1.44. The Morgan fingerprint density at radius 2 is 1.96 bits per heavy atom. The van der Waals surface area contributed by atoms with E-state index in [0.29, 0.717) is 18.6 Å². The fourth-order valence-corrected chi connectivity index (χ4v) is 3.93. The van der Waals surface area contributed by atoms with E-state index < -0.39 is 17.9 Å². The first-order valence-corrected chi connectivity index (χ1v) is 9.22. The zero-order chi connectivity index (χ0) is 18.7. The second-order valence-corrected chi connectivity index (χ2v) is 7.21. The van der Waals surface area contributed by atoms with Crippen molar-refractivity contribution in [1.82, 2.24) is 25.3 Å². The molecule has 2 fully saturated rings. The van der Waals surface area contributed by atoms with Gasteiger partial charge in [-0.1, -0.05) is 19.3 Å². The lowest BCUT2D eigenvalue weighted by molar-refractivity contribution is -0.142. The number of amides is 2. The predicted octanol–water partition coefficient (Wildman–Crippen LogP) is 2.65. The molecule has 26 heavy (non-hydrogen) atoms. The van der Waals surface area contributed by atoms with E-state index in [2.05, 4.69) is 20.6 Å². The molecule has 0 aromatic carbocycles. The minimum atomic E-state index is -4.53. The third-order valence-electron chi connectivity index (χ3n) is 5.34. The number of alkyl halides is 3. The first-order chi connectivity index (χ1) is 12.3. The van der Waals surface area contributed by atoms with Crippen LogP contribution < -0.4 is 10.6 Å². The Labute approximate surface area is 151 Å². The molecule has 146 valence electrons. The molecule has 1 saturated heterocycles. The summed E-state index contributed by atoms with van der Waals surface area (Å²) >= 11 is 0. The SMILES string of the molecule is Cn1cc(CNC(=O)NCC2CCN2C2CCCCC2)c(C(F)(F)F)n1. The summed E-state index contributed by atoms with van der Waals surface area (Å²) in [7, 11) is 1.43. The number of carbonyl (C=O) groups is 1. The molecule has 2 N–H and O–H groups in total. The van der Waals surface area contributed by atoms with Gasteiger partial charge in [-0.15, -0.1) is 0 Å². The number of urea groups is 1. The number of nitrogens with zero attached hydrogens (tertiary/aromatic N) is 3. The molecule has 1 atom stereocenters. The van der Waals surface area contributed by atoms with E-state index >= 15 is 0 Å². The number of aromatic nitrogens is 2. The zero-order valence-corrected chi connectivity index (χ0v) is 15.0. The average molecular weight is 373 g/mol. The summed E-state index contributed by atoms with van der Waals surface area (Å²) in [4.78, 5) is 14.4. The standard InChI is InChI=1S/C17H26F3N5O/c1-24-11-12(15(23-24)17(18,19)20)9-21-16(26)22-10-14-7-8-25(14)13-5-3-2-4-6-13/h11,13-14H,2-10H2,1H3,(H2,21,22,26). The Bertz CT molecular complexity index is 624. The molecule has 6 nitrogen and oxygen atoms in total. The van der Waals surface area contributed by atoms with Gasteiger partial charge in [-0.25, -0.2) is 4.79 Å². The third kappa shape index (κ3) is 4.49. The van der Waals surface area contributed by atoms with Crippen molar-refractivity contribution in [1.29, 1.82) is 0 Å². The molecule has 0 spiro atoms. The zero-order valence-electron chi connectivity index (χ0n) is 15.0. The molecule has 1 aromatic heterocycles. The molecule has 2 heterocycles. The molecule has 1 aromatic rings. The van der Waals surface area contributed by atoms with Gasteiger partial charge in [0.05, 0.1) is 0 Å². The number of rotatable bonds is 5. The molecule has 2 aliphatic rings. The second kappa shape index (κ2) is 7.85. The van der Waals surface area contributed by atoms with Gasteiger partial charge in [0, 0.05) is 50.5 Å². The van der Waals surface area contributed by atoms with E-state index in [1.165, 1.54) is 45.3 Å². The third-order valence-corrected chi connectivity index (χ3v) is 5.34. The summed E-state index contributed by atoms with van der Waals surface area (Å²) in [6.07, 6.45) is 4.11. The largest absolute Gasteiger partial charge is 0.435 e. The molecule has 0 radical (unpaired) electrons. The van der Waals surface area contributed by atoms with Crippen molar-refractivity contribution in [3.05, 3.63) is 17.5 Å². The van der Waals surface area contributed by atoms with E-state index in [1.807, 2.05) is 0 Å². The maximum atomic E-state index is 12.9. The van der Waals surface area contributed by atoms with Crippen molar-refractivity contribution in [2.24, 2.45) is 7.05 Å². The highest BCUT2D eigenvalue weighted by atomic mass is 19.4. The van der Waals surface area contributed by atoms with E-state index in [9.17, 15) is 18.0 Å². The molecule has 9 heteroatoms. The van der Waals surface area contributed by atoms with Gasteiger partial charge in [0.1, 0.15) is 0 Å². The fraction of sp³-hybridized carbons (Fsp3) is 0.765. The molecule has 3 rings (SSSR count). The number of hydrogen-bond acceptors (Lipinski definition) is 3. The van der Waals surface area contributed by atoms with Crippen LogP contribution in [-0.4, -0.2) is 45.9 Å². The highest BCUT2D eigenvalue weighted by Gasteiger charge is 2.37. The van der Waals surface area contributed by atoms with Crippen LogP contribution in [0.15, 0.2) is 6.20 Å². The van der Waals surface area contributed by atoms with Gasteiger partial charge in [-0.3, -0.25) is 9.58 Å². The minimum absolute atomic E-state index is 0.0392. The van der Waals surface area contributed by atoms with Crippen molar-refractivity contribution in [3.8, 4) is 0 Å². The lowest BCUT2D eigenvalue weighted by Crippen LogP contribution is -2.58.